The number of benzene rings is 1. The zero-order valence-electron chi connectivity index (χ0n) is 8.37. The number of fused-ring (bicyclic) bond motifs is 1. The van der Waals surface area contributed by atoms with Crippen molar-refractivity contribution >= 4 is 22.6 Å². The van der Waals surface area contributed by atoms with Gasteiger partial charge in [-0.3, -0.25) is 0 Å². The highest BCUT2D eigenvalue weighted by atomic mass is 35.5. The van der Waals surface area contributed by atoms with Crippen molar-refractivity contribution in [2.45, 2.75) is 13.8 Å². The molecule has 74 valence electrons. The number of rotatable bonds is 0. The molecule has 15 heavy (non-hydrogen) atoms. The smallest absolute Gasteiger partial charge is 0.101 e. The first kappa shape index (κ1) is 9.88. The Kier molecular flexibility index (Phi) is 2.29. The van der Waals surface area contributed by atoms with Gasteiger partial charge in [0.25, 0.3) is 0 Å². The average molecular weight is 218 g/mol. The standard InChI is InChI=1S/C11H8ClN3/c1-6-7(2)15-11-4-9(12)8(5-13)3-10(11)14-6/h3-4H,1-2H3. The molecule has 4 heteroatoms. The molecular formula is C11H8ClN3. The summed E-state index contributed by atoms with van der Waals surface area (Å²) in [5.41, 5.74) is 3.61. The van der Waals surface area contributed by atoms with Gasteiger partial charge in [-0.1, -0.05) is 11.6 Å². The summed E-state index contributed by atoms with van der Waals surface area (Å²) in [5, 5.41) is 9.24. The summed E-state index contributed by atoms with van der Waals surface area (Å²) in [5.74, 6) is 0. The normalized spacial score (nSPS) is 10.3. The molecule has 0 aliphatic carbocycles. The van der Waals surface area contributed by atoms with E-state index in [1.165, 1.54) is 0 Å². The summed E-state index contributed by atoms with van der Waals surface area (Å²) in [6.07, 6.45) is 0. The molecule has 0 unspecified atom stereocenters. The molecule has 0 fully saturated rings. The minimum absolute atomic E-state index is 0.419. The fourth-order valence-corrected chi connectivity index (χ4v) is 1.54. The van der Waals surface area contributed by atoms with Crippen molar-refractivity contribution in [3.8, 4) is 6.07 Å². The molecule has 0 atom stereocenters. The van der Waals surface area contributed by atoms with Crippen molar-refractivity contribution in [2.75, 3.05) is 0 Å². The molecule has 2 rings (SSSR count). The first-order valence-corrected chi connectivity index (χ1v) is 4.84. The van der Waals surface area contributed by atoms with Crippen LogP contribution in [-0.4, -0.2) is 9.97 Å². The van der Waals surface area contributed by atoms with Crippen LogP contribution >= 0.6 is 11.6 Å². The first-order valence-electron chi connectivity index (χ1n) is 4.46. The van der Waals surface area contributed by atoms with Crippen LogP contribution in [0.4, 0.5) is 0 Å². The summed E-state index contributed by atoms with van der Waals surface area (Å²) in [4.78, 5) is 8.71. The Morgan fingerprint density at radius 2 is 1.67 bits per heavy atom. The summed E-state index contributed by atoms with van der Waals surface area (Å²) in [7, 11) is 0. The molecule has 1 heterocycles. The third-order valence-corrected chi connectivity index (χ3v) is 2.60. The number of aryl methyl sites for hydroxylation is 2. The molecule has 0 bridgehead atoms. The number of aromatic nitrogens is 2. The van der Waals surface area contributed by atoms with Crippen LogP contribution in [0.1, 0.15) is 17.0 Å². The van der Waals surface area contributed by atoms with Gasteiger partial charge in [0.1, 0.15) is 6.07 Å². The summed E-state index contributed by atoms with van der Waals surface area (Å²) < 4.78 is 0. The summed E-state index contributed by atoms with van der Waals surface area (Å²) in [6, 6.07) is 5.36. The largest absolute Gasteiger partial charge is 0.250 e. The maximum absolute atomic E-state index is 8.82. The van der Waals surface area contributed by atoms with E-state index >= 15 is 0 Å². The number of halogens is 1. The van der Waals surface area contributed by atoms with Gasteiger partial charge in [0.2, 0.25) is 0 Å². The van der Waals surface area contributed by atoms with E-state index in [0.29, 0.717) is 16.1 Å². The predicted octanol–water partition coefficient (Wildman–Crippen LogP) is 2.77. The number of nitriles is 1. The van der Waals surface area contributed by atoms with Gasteiger partial charge >= 0.3 is 0 Å². The average Bonchev–Trinajstić information content (AvgIpc) is 2.20. The van der Waals surface area contributed by atoms with Gasteiger partial charge in [0, 0.05) is 0 Å². The van der Waals surface area contributed by atoms with Gasteiger partial charge in [-0.25, -0.2) is 9.97 Å². The van der Waals surface area contributed by atoms with Crippen LogP contribution in [0.3, 0.4) is 0 Å². The van der Waals surface area contributed by atoms with Gasteiger partial charge in [0.15, 0.2) is 0 Å². The van der Waals surface area contributed by atoms with Crippen LogP contribution in [0.15, 0.2) is 12.1 Å². The Hall–Kier alpha value is -1.66. The SMILES string of the molecule is Cc1nc2cc(Cl)c(C#N)cc2nc1C. The minimum atomic E-state index is 0.419. The molecule has 0 aliphatic heterocycles. The highest BCUT2D eigenvalue weighted by Gasteiger charge is 2.06. The van der Waals surface area contributed by atoms with Gasteiger partial charge in [-0.15, -0.1) is 0 Å². The fraction of sp³-hybridized carbons (Fsp3) is 0.182. The minimum Gasteiger partial charge on any atom is -0.250 e. The van der Waals surface area contributed by atoms with Crippen molar-refractivity contribution in [3.05, 3.63) is 34.1 Å². The molecule has 0 amide bonds. The third-order valence-electron chi connectivity index (χ3n) is 2.28. The lowest BCUT2D eigenvalue weighted by Gasteiger charge is -2.03. The monoisotopic (exact) mass is 217 g/mol. The van der Waals surface area contributed by atoms with E-state index in [-0.39, 0.29) is 0 Å². The first-order chi connectivity index (χ1) is 7.11. The molecule has 1 aromatic carbocycles. The second-order valence-electron chi connectivity index (χ2n) is 3.33. The van der Waals surface area contributed by atoms with Gasteiger partial charge < -0.3 is 0 Å². The molecule has 0 N–H and O–H groups in total. The molecule has 0 radical (unpaired) electrons. The van der Waals surface area contributed by atoms with Crippen LogP contribution in [0, 0.1) is 25.2 Å². The second-order valence-corrected chi connectivity index (χ2v) is 3.73. The molecule has 0 saturated heterocycles. The molecule has 0 saturated carbocycles. The van der Waals surface area contributed by atoms with E-state index in [0.717, 1.165) is 16.9 Å². The van der Waals surface area contributed by atoms with Crippen LogP contribution in [0.2, 0.25) is 5.02 Å². The van der Waals surface area contributed by atoms with Crippen LogP contribution in [0.5, 0.6) is 0 Å². The highest BCUT2D eigenvalue weighted by molar-refractivity contribution is 6.32. The quantitative estimate of drug-likeness (QED) is 0.682. The van der Waals surface area contributed by atoms with Gasteiger partial charge in [0.05, 0.1) is 33.0 Å². The Balaban J connectivity index is 2.84. The van der Waals surface area contributed by atoms with Gasteiger partial charge in [-0.05, 0) is 26.0 Å². The van der Waals surface area contributed by atoms with Crippen LogP contribution < -0.4 is 0 Å². The van der Waals surface area contributed by atoms with E-state index in [1.54, 1.807) is 12.1 Å². The predicted molar refractivity (Wildman–Crippen MR) is 58.7 cm³/mol. The Labute approximate surface area is 92.3 Å². The third kappa shape index (κ3) is 1.64. The van der Waals surface area contributed by atoms with Crippen molar-refractivity contribution in [1.82, 2.24) is 9.97 Å². The zero-order chi connectivity index (χ0) is 11.0. The van der Waals surface area contributed by atoms with Crippen LogP contribution in [0.25, 0.3) is 11.0 Å². The van der Waals surface area contributed by atoms with E-state index in [4.69, 9.17) is 16.9 Å². The van der Waals surface area contributed by atoms with Crippen molar-refractivity contribution in [3.63, 3.8) is 0 Å². The van der Waals surface area contributed by atoms with E-state index in [2.05, 4.69) is 9.97 Å². The maximum Gasteiger partial charge on any atom is 0.101 e. The zero-order valence-corrected chi connectivity index (χ0v) is 9.13. The van der Waals surface area contributed by atoms with Crippen LogP contribution in [-0.2, 0) is 0 Å². The molecule has 2 aromatic rings. The highest BCUT2D eigenvalue weighted by Crippen LogP contribution is 2.21. The topological polar surface area (TPSA) is 49.6 Å². The Morgan fingerprint density at radius 1 is 1.13 bits per heavy atom. The van der Waals surface area contributed by atoms with E-state index in [9.17, 15) is 0 Å². The number of nitrogens with zero attached hydrogens (tertiary/aromatic N) is 3. The van der Waals surface area contributed by atoms with Gasteiger partial charge in [-0.2, -0.15) is 5.26 Å². The Bertz CT molecular complexity index is 584. The number of hydrogen-bond donors (Lipinski definition) is 0. The van der Waals surface area contributed by atoms with Crippen molar-refractivity contribution in [1.29, 1.82) is 5.26 Å². The summed E-state index contributed by atoms with van der Waals surface area (Å²) >= 11 is 5.91. The molecule has 1 aromatic heterocycles. The molecule has 3 nitrogen and oxygen atoms in total. The molecule has 0 spiro atoms. The fourth-order valence-electron chi connectivity index (χ4n) is 1.34. The lowest BCUT2D eigenvalue weighted by atomic mass is 10.2. The molecular weight excluding hydrogens is 210 g/mol. The molecule has 0 aliphatic rings. The summed E-state index contributed by atoms with van der Waals surface area (Å²) in [6.45, 7) is 3.79. The van der Waals surface area contributed by atoms with Crippen molar-refractivity contribution in [2.24, 2.45) is 0 Å². The Morgan fingerprint density at radius 3 is 2.20 bits per heavy atom. The van der Waals surface area contributed by atoms with E-state index < -0.39 is 0 Å². The second kappa shape index (κ2) is 3.48. The lowest BCUT2D eigenvalue weighted by Crippen LogP contribution is -1.94. The lowest BCUT2D eigenvalue weighted by molar-refractivity contribution is 1.10. The van der Waals surface area contributed by atoms with E-state index in [1.807, 2.05) is 19.9 Å². The maximum atomic E-state index is 8.82. The van der Waals surface area contributed by atoms with Crippen molar-refractivity contribution < 1.29 is 0 Å². The number of hydrogen-bond acceptors (Lipinski definition) is 3.